The standard InChI is InChI=1S/C8H13FN4S/c1-14-4-2-3-11-7-6(9)5-12-8(10)13-7/h5H,2-4H2,1H3,(H3,10,11,12,13). The van der Waals surface area contributed by atoms with Gasteiger partial charge in [0.15, 0.2) is 11.6 Å². The first-order valence-electron chi connectivity index (χ1n) is 4.25. The zero-order valence-electron chi connectivity index (χ0n) is 7.96. The van der Waals surface area contributed by atoms with Gasteiger partial charge in [0.1, 0.15) is 0 Å². The third-order valence-electron chi connectivity index (χ3n) is 1.58. The molecule has 0 spiro atoms. The Morgan fingerprint density at radius 2 is 2.43 bits per heavy atom. The SMILES string of the molecule is CSCCCNc1nc(N)ncc1F. The number of hydrogen-bond acceptors (Lipinski definition) is 5. The van der Waals surface area contributed by atoms with Crippen LogP contribution in [0.4, 0.5) is 16.2 Å². The summed E-state index contributed by atoms with van der Waals surface area (Å²) < 4.78 is 13.0. The van der Waals surface area contributed by atoms with Crippen LogP contribution in [0.3, 0.4) is 0 Å². The van der Waals surface area contributed by atoms with Crippen molar-refractivity contribution < 1.29 is 4.39 Å². The average molecular weight is 216 g/mol. The Labute approximate surface area is 86.5 Å². The van der Waals surface area contributed by atoms with Crippen molar-refractivity contribution in [2.24, 2.45) is 0 Å². The minimum absolute atomic E-state index is 0.0822. The van der Waals surface area contributed by atoms with E-state index in [4.69, 9.17) is 5.73 Å². The predicted molar refractivity (Wildman–Crippen MR) is 57.9 cm³/mol. The van der Waals surface area contributed by atoms with Crippen LogP contribution < -0.4 is 11.1 Å². The fourth-order valence-electron chi connectivity index (χ4n) is 0.928. The van der Waals surface area contributed by atoms with Crippen molar-refractivity contribution in [2.45, 2.75) is 6.42 Å². The molecule has 0 atom stereocenters. The second-order valence-corrected chi connectivity index (χ2v) is 3.68. The summed E-state index contributed by atoms with van der Waals surface area (Å²) in [5.41, 5.74) is 5.32. The molecule has 14 heavy (non-hydrogen) atoms. The van der Waals surface area contributed by atoms with Crippen LogP contribution in [-0.4, -0.2) is 28.5 Å². The fourth-order valence-corrected chi connectivity index (χ4v) is 1.36. The van der Waals surface area contributed by atoms with Crippen LogP contribution in [0.15, 0.2) is 6.20 Å². The van der Waals surface area contributed by atoms with Crippen LogP contribution in [-0.2, 0) is 0 Å². The van der Waals surface area contributed by atoms with E-state index in [0.29, 0.717) is 6.54 Å². The van der Waals surface area contributed by atoms with E-state index in [9.17, 15) is 4.39 Å². The number of thioether (sulfide) groups is 1. The highest BCUT2D eigenvalue weighted by molar-refractivity contribution is 7.98. The summed E-state index contributed by atoms with van der Waals surface area (Å²) in [6.07, 6.45) is 4.06. The minimum Gasteiger partial charge on any atom is -0.368 e. The maximum Gasteiger partial charge on any atom is 0.222 e. The molecule has 0 aliphatic heterocycles. The van der Waals surface area contributed by atoms with Gasteiger partial charge in [-0.15, -0.1) is 0 Å². The molecule has 0 fully saturated rings. The molecule has 0 aromatic carbocycles. The van der Waals surface area contributed by atoms with Crippen molar-refractivity contribution in [3.05, 3.63) is 12.0 Å². The molecule has 0 unspecified atom stereocenters. The van der Waals surface area contributed by atoms with Crippen molar-refractivity contribution in [3.63, 3.8) is 0 Å². The molecule has 4 nitrogen and oxygen atoms in total. The van der Waals surface area contributed by atoms with E-state index in [1.807, 2.05) is 6.26 Å². The topological polar surface area (TPSA) is 63.8 Å². The van der Waals surface area contributed by atoms with Gasteiger partial charge in [-0.3, -0.25) is 0 Å². The molecule has 0 aliphatic rings. The summed E-state index contributed by atoms with van der Waals surface area (Å²) in [6, 6.07) is 0. The molecule has 0 saturated carbocycles. The second kappa shape index (κ2) is 5.64. The number of halogens is 1. The molecule has 3 N–H and O–H groups in total. The van der Waals surface area contributed by atoms with Gasteiger partial charge in [-0.2, -0.15) is 16.7 Å². The van der Waals surface area contributed by atoms with Crippen molar-refractivity contribution in [1.82, 2.24) is 9.97 Å². The molecular weight excluding hydrogens is 203 g/mol. The van der Waals surface area contributed by atoms with Crippen LogP contribution >= 0.6 is 11.8 Å². The number of nitrogens with one attached hydrogen (secondary N) is 1. The average Bonchev–Trinajstić information content (AvgIpc) is 2.18. The Bertz CT molecular complexity index is 295. The Hall–Kier alpha value is -1.04. The molecule has 1 aromatic heterocycles. The van der Waals surface area contributed by atoms with E-state index in [0.717, 1.165) is 18.4 Å². The van der Waals surface area contributed by atoms with E-state index in [-0.39, 0.29) is 11.8 Å². The zero-order valence-corrected chi connectivity index (χ0v) is 8.77. The fraction of sp³-hybridized carbons (Fsp3) is 0.500. The monoisotopic (exact) mass is 216 g/mol. The van der Waals surface area contributed by atoms with E-state index >= 15 is 0 Å². The van der Waals surface area contributed by atoms with Gasteiger partial charge < -0.3 is 11.1 Å². The third kappa shape index (κ3) is 3.37. The normalized spacial score (nSPS) is 10.1. The summed E-state index contributed by atoms with van der Waals surface area (Å²) in [5, 5.41) is 2.87. The highest BCUT2D eigenvalue weighted by Crippen LogP contribution is 2.09. The van der Waals surface area contributed by atoms with Gasteiger partial charge >= 0.3 is 0 Å². The van der Waals surface area contributed by atoms with Gasteiger partial charge in [-0.1, -0.05) is 0 Å². The number of nitrogens with two attached hydrogens (primary N) is 1. The van der Waals surface area contributed by atoms with Crippen molar-refractivity contribution in [1.29, 1.82) is 0 Å². The lowest BCUT2D eigenvalue weighted by Crippen LogP contribution is -2.08. The first kappa shape index (κ1) is 11.0. The maximum absolute atomic E-state index is 13.0. The molecule has 6 heteroatoms. The lowest BCUT2D eigenvalue weighted by Gasteiger charge is -2.05. The number of aromatic nitrogens is 2. The van der Waals surface area contributed by atoms with Gasteiger partial charge in [-0.05, 0) is 18.4 Å². The second-order valence-electron chi connectivity index (χ2n) is 2.70. The smallest absolute Gasteiger partial charge is 0.222 e. The molecule has 0 amide bonds. The third-order valence-corrected chi connectivity index (χ3v) is 2.28. The van der Waals surface area contributed by atoms with Crippen molar-refractivity contribution >= 4 is 23.5 Å². The molecule has 1 heterocycles. The molecular formula is C8H13FN4S. The van der Waals surface area contributed by atoms with Crippen molar-refractivity contribution in [3.8, 4) is 0 Å². The summed E-state index contributed by atoms with van der Waals surface area (Å²) >= 11 is 1.75. The molecule has 0 bridgehead atoms. The van der Waals surface area contributed by atoms with Crippen LogP contribution in [0.5, 0.6) is 0 Å². The van der Waals surface area contributed by atoms with E-state index in [1.54, 1.807) is 11.8 Å². The van der Waals surface area contributed by atoms with Gasteiger partial charge in [0.05, 0.1) is 6.20 Å². The molecule has 1 rings (SSSR count). The van der Waals surface area contributed by atoms with Crippen LogP contribution in [0.1, 0.15) is 6.42 Å². The summed E-state index contributed by atoms with van der Waals surface area (Å²) in [6.45, 7) is 0.689. The molecule has 1 aromatic rings. The lowest BCUT2D eigenvalue weighted by atomic mass is 10.4. The highest BCUT2D eigenvalue weighted by atomic mass is 32.2. The van der Waals surface area contributed by atoms with Gasteiger partial charge in [0.2, 0.25) is 5.95 Å². The minimum atomic E-state index is -0.469. The molecule has 0 saturated heterocycles. The summed E-state index contributed by atoms with van der Waals surface area (Å²) in [4.78, 5) is 7.28. The lowest BCUT2D eigenvalue weighted by molar-refractivity contribution is 0.617. The van der Waals surface area contributed by atoms with E-state index in [1.165, 1.54) is 0 Å². The Kier molecular flexibility index (Phi) is 4.45. The van der Waals surface area contributed by atoms with E-state index < -0.39 is 5.82 Å². The number of nitrogen functional groups attached to an aromatic ring is 1. The number of anilines is 2. The predicted octanol–water partition coefficient (Wildman–Crippen LogP) is 1.36. The Morgan fingerprint density at radius 3 is 3.14 bits per heavy atom. The number of hydrogen-bond donors (Lipinski definition) is 2. The largest absolute Gasteiger partial charge is 0.368 e. The van der Waals surface area contributed by atoms with Gasteiger partial charge in [0.25, 0.3) is 0 Å². The zero-order chi connectivity index (χ0) is 10.4. The first-order valence-corrected chi connectivity index (χ1v) is 5.64. The summed E-state index contributed by atoms with van der Waals surface area (Å²) in [7, 11) is 0. The summed E-state index contributed by atoms with van der Waals surface area (Å²) in [5.74, 6) is 0.829. The van der Waals surface area contributed by atoms with Crippen LogP contribution in [0.2, 0.25) is 0 Å². The number of rotatable bonds is 5. The Balaban J connectivity index is 2.45. The molecule has 0 aliphatic carbocycles. The van der Waals surface area contributed by atoms with Gasteiger partial charge in [0, 0.05) is 6.54 Å². The van der Waals surface area contributed by atoms with Crippen LogP contribution in [0, 0.1) is 5.82 Å². The Morgan fingerprint density at radius 1 is 1.64 bits per heavy atom. The molecule has 78 valence electrons. The first-order chi connectivity index (χ1) is 6.74. The maximum atomic E-state index is 13.0. The quantitative estimate of drug-likeness (QED) is 0.728. The van der Waals surface area contributed by atoms with E-state index in [2.05, 4.69) is 15.3 Å². The van der Waals surface area contributed by atoms with Gasteiger partial charge in [-0.25, -0.2) is 9.37 Å². The molecule has 0 radical (unpaired) electrons. The van der Waals surface area contributed by atoms with Crippen LogP contribution in [0.25, 0.3) is 0 Å². The number of nitrogens with zero attached hydrogens (tertiary/aromatic N) is 2. The van der Waals surface area contributed by atoms with Crippen molar-refractivity contribution in [2.75, 3.05) is 29.6 Å². The highest BCUT2D eigenvalue weighted by Gasteiger charge is 2.03.